The van der Waals surface area contributed by atoms with E-state index in [1.165, 1.54) is 44.9 Å². The lowest BCUT2D eigenvalue weighted by Gasteiger charge is -2.52. The number of nitrogens with one attached hydrogen (secondary N) is 1. The fraction of sp³-hybridized carbons (Fsp3) is 1.00. The van der Waals surface area contributed by atoms with Crippen molar-refractivity contribution in [2.24, 2.45) is 5.41 Å². The molecule has 1 spiro atoms. The van der Waals surface area contributed by atoms with Crippen molar-refractivity contribution in [3.63, 3.8) is 0 Å². The Labute approximate surface area is 102 Å². The van der Waals surface area contributed by atoms with E-state index in [9.17, 15) is 4.21 Å². The zero-order valence-electron chi connectivity index (χ0n) is 10.5. The molecule has 2 fully saturated rings. The standard InChI is InChI=1S/C13H25NOS/c1-16(15)11-5-10-14-12-6-9-13(12)7-3-2-4-8-13/h12,14H,2-11H2,1H3. The van der Waals surface area contributed by atoms with Crippen LogP contribution in [0.5, 0.6) is 0 Å². The van der Waals surface area contributed by atoms with Gasteiger partial charge in [-0.05, 0) is 44.1 Å². The molecule has 2 atom stereocenters. The molecule has 2 unspecified atom stereocenters. The second kappa shape index (κ2) is 5.63. The second-order valence-corrected chi connectivity index (χ2v) is 7.15. The number of hydrogen-bond donors (Lipinski definition) is 1. The largest absolute Gasteiger partial charge is 0.313 e. The van der Waals surface area contributed by atoms with Gasteiger partial charge in [-0.3, -0.25) is 4.21 Å². The molecule has 0 aromatic carbocycles. The monoisotopic (exact) mass is 243 g/mol. The quantitative estimate of drug-likeness (QED) is 0.752. The van der Waals surface area contributed by atoms with E-state index in [0.29, 0.717) is 5.41 Å². The van der Waals surface area contributed by atoms with Gasteiger partial charge in [0.2, 0.25) is 0 Å². The van der Waals surface area contributed by atoms with Crippen molar-refractivity contribution in [3.8, 4) is 0 Å². The lowest BCUT2D eigenvalue weighted by atomic mass is 9.57. The molecule has 2 saturated carbocycles. The molecule has 2 aliphatic rings. The van der Waals surface area contributed by atoms with E-state index in [1.54, 1.807) is 6.26 Å². The second-order valence-electron chi connectivity index (χ2n) is 5.60. The van der Waals surface area contributed by atoms with Crippen molar-refractivity contribution < 1.29 is 4.21 Å². The molecule has 0 amide bonds. The first-order valence-corrected chi connectivity index (χ1v) is 8.49. The Morgan fingerprint density at radius 1 is 1.25 bits per heavy atom. The van der Waals surface area contributed by atoms with E-state index >= 15 is 0 Å². The molecule has 16 heavy (non-hydrogen) atoms. The van der Waals surface area contributed by atoms with E-state index in [2.05, 4.69) is 5.32 Å². The van der Waals surface area contributed by atoms with Gasteiger partial charge in [-0.1, -0.05) is 19.3 Å². The third kappa shape index (κ3) is 2.86. The lowest BCUT2D eigenvalue weighted by molar-refractivity contribution is 0.0235. The van der Waals surface area contributed by atoms with Gasteiger partial charge in [0.25, 0.3) is 0 Å². The minimum Gasteiger partial charge on any atom is -0.313 e. The van der Waals surface area contributed by atoms with Gasteiger partial charge in [0.1, 0.15) is 0 Å². The number of hydrogen-bond acceptors (Lipinski definition) is 2. The zero-order chi connectivity index (χ0) is 11.4. The van der Waals surface area contributed by atoms with Crippen LogP contribution in [0.25, 0.3) is 0 Å². The summed E-state index contributed by atoms with van der Waals surface area (Å²) in [7, 11) is -0.617. The first-order valence-electron chi connectivity index (χ1n) is 6.76. The lowest BCUT2D eigenvalue weighted by Crippen LogP contribution is -2.54. The summed E-state index contributed by atoms with van der Waals surface area (Å²) in [5.41, 5.74) is 0.670. The van der Waals surface area contributed by atoms with Crippen LogP contribution in [-0.2, 0) is 10.8 Å². The Balaban J connectivity index is 1.68. The van der Waals surface area contributed by atoms with E-state index in [0.717, 1.165) is 24.8 Å². The van der Waals surface area contributed by atoms with Crippen LogP contribution in [-0.4, -0.2) is 28.8 Å². The van der Waals surface area contributed by atoms with Gasteiger partial charge in [-0.2, -0.15) is 0 Å². The van der Waals surface area contributed by atoms with Crippen molar-refractivity contribution in [2.45, 2.75) is 57.4 Å². The highest BCUT2D eigenvalue weighted by Gasteiger charge is 2.46. The molecule has 2 nitrogen and oxygen atoms in total. The van der Waals surface area contributed by atoms with Crippen molar-refractivity contribution in [1.82, 2.24) is 5.32 Å². The van der Waals surface area contributed by atoms with Crippen LogP contribution in [0.2, 0.25) is 0 Å². The van der Waals surface area contributed by atoms with Crippen LogP contribution >= 0.6 is 0 Å². The van der Waals surface area contributed by atoms with Crippen molar-refractivity contribution in [1.29, 1.82) is 0 Å². The Hall–Kier alpha value is 0.110. The average molecular weight is 243 g/mol. The summed E-state index contributed by atoms with van der Waals surface area (Å²) < 4.78 is 11.0. The molecule has 1 N–H and O–H groups in total. The highest BCUT2D eigenvalue weighted by atomic mass is 32.2. The van der Waals surface area contributed by atoms with Gasteiger partial charge in [-0.25, -0.2) is 0 Å². The predicted molar refractivity (Wildman–Crippen MR) is 70.1 cm³/mol. The summed E-state index contributed by atoms with van der Waals surface area (Å²) in [6, 6.07) is 0.776. The van der Waals surface area contributed by atoms with Crippen LogP contribution in [0, 0.1) is 5.41 Å². The summed E-state index contributed by atoms with van der Waals surface area (Å²) in [5, 5.41) is 3.70. The topological polar surface area (TPSA) is 29.1 Å². The van der Waals surface area contributed by atoms with Gasteiger partial charge in [0.15, 0.2) is 0 Å². The maximum atomic E-state index is 11.0. The highest BCUT2D eigenvalue weighted by Crippen LogP contribution is 2.51. The molecule has 3 heteroatoms. The Morgan fingerprint density at radius 3 is 2.56 bits per heavy atom. The fourth-order valence-electron chi connectivity index (χ4n) is 3.42. The average Bonchev–Trinajstić information content (AvgIpc) is 2.28. The minimum absolute atomic E-state index is 0.617. The van der Waals surface area contributed by atoms with Gasteiger partial charge < -0.3 is 5.32 Å². The molecule has 0 radical (unpaired) electrons. The molecule has 0 aromatic heterocycles. The van der Waals surface area contributed by atoms with Crippen molar-refractivity contribution >= 4 is 10.8 Å². The van der Waals surface area contributed by atoms with Gasteiger partial charge >= 0.3 is 0 Å². The summed E-state index contributed by atoms with van der Waals surface area (Å²) in [5.74, 6) is 0.854. The van der Waals surface area contributed by atoms with Crippen LogP contribution in [0.15, 0.2) is 0 Å². The molecule has 94 valence electrons. The highest BCUT2D eigenvalue weighted by molar-refractivity contribution is 7.84. The Bertz CT molecular complexity index is 248. The first-order chi connectivity index (χ1) is 7.73. The van der Waals surface area contributed by atoms with E-state index in [-0.39, 0.29) is 0 Å². The van der Waals surface area contributed by atoms with Gasteiger partial charge in [0, 0.05) is 28.9 Å². The fourth-order valence-corrected chi connectivity index (χ4v) is 3.97. The Kier molecular flexibility index (Phi) is 4.42. The molecule has 2 aliphatic carbocycles. The molecule has 0 saturated heterocycles. The third-order valence-corrected chi connectivity index (χ3v) is 5.38. The summed E-state index contributed by atoms with van der Waals surface area (Å²) in [6.07, 6.45) is 12.9. The number of rotatable bonds is 5. The third-order valence-electron chi connectivity index (χ3n) is 4.52. The van der Waals surface area contributed by atoms with E-state index in [1.807, 2.05) is 0 Å². The molecule has 0 aromatic rings. The predicted octanol–water partition coefficient (Wildman–Crippen LogP) is 2.46. The minimum atomic E-state index is -0.617. The molecular formula is C13H25NOS. The SMILES string of the molecule is CS(=O)CCCNC1CCC12CCCCC2. The first kappa shape index (κ1) is 12.6. The normalized spacial score (nSPS) is 29.9. The Morgan fingerprint density at radius 2 is 2.00 bits per heavy atom. The van der Waals surface area contributed by atoms with Crippen molar-refractivity contribution in [2.75, 3.05) is 18.6 Å². The molecule has 0 aliphatic heterocycles. The summed E-state index contributed by atoms with van der Waals surface area (Å²) in [6.45, 7) is 1.06. The maximum Gasteiger partial charge on any atom is 0.0244 e. The van der Waals surface area contributed by atoms with Gasteiger partial charge in [0.05, 0.1) is 0 Å². The zero-order valence-corrected chi connectivity index (χ0v) is 11.3. The molecular weight excluding hydrogens is 218 g/mol. The summed E-state index contributed by atoms with van der Waals surface area (Å²) >= 11 is 0. The van der Waals surface area contributed by atoms with E-state index in [4.69, 9.17) is 0 Å². The van der Waals surface area contributed by atoms with Crippen LogP contribution in [0.3, 0.4) is 0 Å². The molecule has 2 rings (SSSR count). The van der Waals surface area contributed by atoms with Crippen molar-refractivity contribution in [3.05, 3.63) is 0 Å². The van der Waals surface area contributed by atoms with E-state index < -0.39 is 10.8 Å². The smallest absolute Gasteiger partial charge is 0.0244 e. The summed E-state index contributed by atoms with van der Waals surface area (Å²) in [4.78, 5) is 0. The van der Waals surface area contributed by atoms with Gasteiger partial charge in [-0.15, -0.1) is 0 Å². The maximum absolute atomic E-state index is 11.0. The molecule has 0 heterocycles. The van der Waals surface area contributed by atoms with Crippen LogP contribution < -0.4 is 5.32 Å². The molecule has 0 bridgehead atoms. The van der Waals surface area contributed by atoms with Crippen LogP contribution in [0.4, 0.5) is 0 Å². The van der Waals surface area contributed by atoms with Crippen LogP contribution in [0.1, 0.15) is 51.4 Å².